The summed E-state index contributed by atoms with van der Waals surface area (Å²) in [6, 6.07) is 12.4. The first-order valence-electron chi connectivity index (χ1n) is 7.00. The molecular weight excluding hydrogens is 266 g/mol. The summed E-state index contributed by atoms with van der Waals surface area (Å²) in [5.41, 5.74) is 6.21. The van der Waals surface area contributed by atoms with Crippen LogP contribution in [0.2, 0.25) is 0 Å². The summed E-state index contributed by atoms with van der Waals surface area (Å²) < 4.78 is 1.06. The van der Waals surface area contributed by atoms with Crippen molar-refractivity contribution in [3.8, 4) is 11.3 Å². The maximum absolute atomic E-state index is 11.4. The fraction of sp³-hybridized carbons (Fsp3) is 0.312. The third-order valence-electron chi connectivity index (χ3n) is 2.74. The highest BCUT2D eigenvalue weighted by Crippen LogP contribution is 2.13. The fourth-order valence-corrected chi connectivity index (χ4v) is 1.47. The third-order valence-corrected chi connectivity index (χ3v) is 2.74. The second kappa shape index (κ2) is 8.68. The van der Waals surface area contributed by atoms with Gasteiger partial charge in [-0.2, -0.15) is 5.10 Å². The molecule has 0 unspecified atom stereocenters. The molecular formula is C16H21N3O2. The van der Waals surface area contributed by atoms with E-state index in [2.05, 4.69) is 18.9 Å². The van der Waals surface area contributed by atoms with Gasteiger partial charge < -0.3 is 5.73 Å². The Morgan fingerprint density at radius 2 is 1.71 bits per heavy atom. The van der Waals surface area contributed by atoms with Gasteiger partial charge in [0.2, 0.25) is 5.91 Å². The fourth-order valence-electron chi connectivity index (χ4n) is 1.47. The molecule has 0 saturated heterocycles. The molecule has 5 heteroatoms. The van der Waals surface area contributed by atoms with E-state index in [4.69, 9.17) is 5.73 Å². The van der Waals surface area contributed by atoms with E-state index in [-0.39, 0.29) is 12.1 Å². The molecule has 1 heterocycles. The van der Waals surface area contributed by atoms with Crippen LogP contribution in [0.1, 0.15) is 26.7 Å². The Hall–Kier alpha value is -2.43. The first-order valence-corrected chi connectivity index (χ1v) is 7.00. The Morgan fingerprint density at radius 1 is 1.10 bits per heavy atom. The highest BCUT2D eigenvalue weighted by Gasteiger charge is 2.04. The summed E-state index contributed by atoms with van der Waals surface area (Å²) in [7, 11) is 0. The van der Waals surface area contributed by atoms with E-state index < -0.39 is 5.91 Å². The normalized spacial score (nSPS) is 9.62. The van der Waals surface area contributed by atoms with Crippen LogP contribution >= 0.6 is 0 Å². The zero-order valence-electron chi connectivity index (χ0n) is 12.5. The molecule has 1 aromatic heterocycles. The monoisotopic (exact) mass is 287 g/mol. The minimum Gasteiger partial charge on any atom is -0.368 e. The molecule has 2 rings (SSSR count). The van der Waals surface area contributed by atoms with E-state index in [0.29, 0.717) is 5.69 Å². The molecule has 0 spiro atoms. The summed E-state index contributed by atoms with van der Waals surface area (Å²) in [6.07, 6.45) is 2.64. The van der Waals surface area contributed by atoms with Gasteiger partial charge in [-0.1, -0.05) is 57.0 Å². The number of hydrogen-bond donors (Lipinski definition) is 1. The number of rotatable bonds is 4. The topological polar surface area (TPSA) is 78.0 Å². The van der Waals surface area contributed by atoms with Gasteiger partial charge in [-0.05, 0) is 6.07 Å². The van der Waals surface area contributed by atoms with Crippen LogP contribution < -0.4 is 11.3 Å². The lowest BCUT2D eigenvalue weighted by atomic mass is 10.1. The van der Waals surface area contributed by atoms with E-state index >= 15 is 0 Å². The van der Waals surface area contributed by atoms with E-state index in [1.807, 2.05) is 30.3 Å². The summed E-state index contributed by atoms with van der Waals surface area (Å²) in [4.78, 5) is 22.2. The second-order valence-electron chi connectivity index (χ2n) is 4.55. The van der Waals surface area contributed by atoms with Crippen LogP contribution in [0.3, 0.4) is 0 Å². The van der Waals surface area contributed by atoms with Crippen molar-refractivity contribution in [3.63, 3.8) is 0 Å². The molecule has 2 aromatic rings. The van der Waals surface area contributed by atoms with Crippen molar-refractivity contribution in [2.45, 2.75) is 33.2 Å². The van der Waals surface area contributed by atoms with Gasteiger partial charge in [0, 0.05) is 11.6 Å². The van der Waals surface area contributed by atoms with Gasteiger partial charge in [0.05, 0.1) is 5.69 Å². The predicted octanol–water partition coefficient (Wildman–Crippen LogP) is 2.20. The average Bonchev–Trinajstić information content (AvgIpc) is 2.50. The van der Waals surface area contributed by atoms with Crippen LogP contribution in [0, 0.1) is 0 Å². The molecule has 1 aromatic carbocycles. The van der Waals surface area contributed by atoms with Gasteiger partial charge in [-0.25, -0.2) is 4.68 Å². The molecule has 0 aliphatic rings. The number of carbonyl (C=O) groups is 1. The van der Waals surface area contributed by atoms with Crippen LogP contribution in [0.25, 0.3) is 11.3 Å². The van der Waals surface area contributed by atoms with Gasteiger partial charge >= 0.3 is 0 Å². The maximum Gasteiger partial charge on any atom is 0.267 e. The van der Waals surface area contributed by atoms with Crippen molar-refractivity contribution in [2.75, 3.05) is 0 Å². The molecule has 0 bridgehead atoms. The van der Waals surface area contributed by atoms with E-state index in [1.165, 1.54) is 18.9 Å². The summed E-state index contributed by atoms with van der Waals surface area (Å²) in [5, 5.41) is 4.09. The lowest BCUT2D eigenvalue weighted by Gasteiger charge is -2.04. The van der Waals surface area contributed by atoms with Crippen molar-refractivity contribution < 1.29 is 4.79 Å². The number of primary amides is 1. The minimum absolute atomic E-state index is 0.209. The van der Waals surface area contributed by atoms with Gasteiger partial charge in [0.15, 0.2) is 0 Å². The quantitative estimate of drug-likeness (QED) is 0.936. The number of hydrogen-bond acceptors (Lipinski definition) is 3. The number of unbranched alkanes of at least 4 members (excludes halogenated alkanes) is 1. The Bertz CT molecular complexity index is 619. The van der Waals surface area contributed by atoms with Gasteiger partial charge in [-0.15, -0.1) is 0 Å². The van der Waals surface area contributed by atoms with Crippen LogP contribution in [0.4, 0.5) is 0 Å². The lowest BCUT2D eigenvalue weighted by Crippen LogP contribution is -2.29. The lowest BCUT2D eigenvalue weighted by molar-refractivity contribution is -0.118. The second-order valence-corrected chi connectivity index (χ2v) is 4.55. The van der Waals surface area contributed by atoms with Crippen LogP contribution in [0.5, 0.6) is 0 Å². The first kappa shape index (κ1) is 16.6. The van der Waals surface area contributed by atoms with Crippen molar-refractivity contribution >= 4 is 5.91 Å². The number of nitrogens with two attached hydrogens (primary N) is 1. The number of benzene rings is 1. The molecule has 0 fully saturated rings. The van der Waals surface area contributed by atoms with E-state index in [0.717, 1.165) is 10.2 Å². The Labute approximate surface area is 124 Å². The van der Waals surface area contributed by atoms with Crippen molar-refractivity contribution in [1.82, 2.24) is 9.78 Å². The number of aromatic nitrogens is 2. The standard InChI is InChI=1S/C12H11N3O2.C4H10/c13-11(16)8-15-12(17)7-6-10(14-15)9-4-2-1-3-5-9;1-3-4-2/h1-7H,8H2,(H2,13,16);3-4H2,1-2H3. The largest absolute Gasteiger partial charge is 0.368 e. The van der Waals surface area contributed by atoms with Crippen molar-refractivity contribution in [3.05, 3.63) is 52.8 Å². The van der Waals surface area contributed by atoms with E-state index in [1.54, 1.807) is 6.07 Å². The number of amides is 1. The van der Waals surface area contributed by atoms with Crippen LogP contribution in [-0.2, 0) is 11.3 Å². The zero-order chi connectivity index (χ0) is 15.7. The minimum atomic E-state index is -0.593. The molecule has 0 saturated carbocycles. The average molecular weight is 287 g/mol. The van der Waals surface area contributed by atoms with Crippen molar-refractivity contribution in [2.24, 2.45) is 5.73 Å². The maximum atomic E-state index is 11.4. The smallest absolute Gasteiger partial charge is 0.267 e. The molecule has 0 aliphatic carbocycles. The Morgan fingerprint density at radius 3 is 2.24 bits per heavy atom. The van der Waals surface area contributed by atoms with Gasteiger partial charge in [-0.3, -0.25) is 9.59 Å². The predicted molar refractivity (Wildman–Crippen MR) is 83.7 cm³/mol. The SMILES string of the molecule is CCCC.NC(=O)Cn1nc(-c2ccccc2)ccc1=O. The first-order chi connectivity index (χ1) is 10.1. The third kappa shape index (κ3) is 5.60. The van der Waals surface area contributed by atoms with Crippen molar-refractivity contribution in [1.29, 1.82) is 0 Å². The van der Waals surface area contributed by atoms with Crippen LogP contribution in [0.15, 0.2) is 47.3 Å². The molecule has 112 valence electrons. The molecule has 0 atom stereocenters. The zero-order valence-corrected chi connectivity index (χ0v) is 12.5. The highest BCUT2D eigenvalue weighted by atomic mass is 16.2. The highest BCUT2D eigenvalue weighted by molar-refractivity contribution is 5.73. The van der Waals surface area contributed by atoms with Crippen LogP contribution in [-0.4, -0.2) is 15.7 Å². The summed E-state index contributed by atoms with van der Waals surface area (Å²) >= 11 is 0. The molecule has 5 nitrogen and oxygen atoms in total. The Balaban J connectivity index is 0.000000491. The van der Waals surface area contributed by atoms with Gasteiger partial charge in [0.1, 0.15) is 6.54 Å². The molecule has 1 amide bonds. The van der Waals surface area contributed by atoms with E-state index in [9.17, 15) is 9.59 Å². The summed E-state index contributed by atoms with van der Waals surface area (Å²) in [5.74, 6) is -0.593. The number of nitrogens with zero attached hydrogens (tertiary/aromatic N) is 2. The molecule has 0 radical (unpaired) electrons. The number of carbonyl (C=O) groups excluding carboxylic acids is 1. The summed E-state index contributed by atoms with van der Waals surface area (Å²) in [6.45, 7) is 4.15. The molecule has 0 aliphatic heterocycles. The molecule has 2 N–H and O–H groups in total. The Kier molecular flexibility index (Phi) is 6.87. The molecule has 21 heavy (non-hydrogen) atoms. The van der Waals surface area contributed by atoms with Gasteiger partial charge in [0.25, 0.3) is 5.56 Å².